The van der Waals surface area contributed by atoms with E-state index in [9.17, 15) is 0 Å². The van der Waals surface area contributed by atoms with Crippen molar-refractivity contribution in [2.24, 2.45) is 0 Å². The summed E-state index contributed by atoms with van der Waals surface area (Å²) < 4.78 is 0. The minimum Gasteiger partial charge on any atom is -0.340 e. The van der Waals surface area contributed by atoms with Crippen LogP contribution in [0.1, 0.15) is 22.7 Å². The highest BCUT2D eigenvalue weighted by Gasteiger charge is 2.27. The van der Waals surface area contributed by atoms with Crippen LogP contribution in [-0.2, 0) is 6.54 Å². The van der Waals surface area contributed by atoms with Gasteiger partial charge < -0.3 is 4.90 Å². The van der Waals surface area contributed by atoms with Crippen LogP contribution < -0.4 is 4.90 Å². The van der Waals surface area contributed by atoms with Crippen LogP contribution in [0.5, 0.6) is 0 Å². The standard InChI is InChI=1S/C15H21N5S/c1-11-4-6-16-15(18-11)19(3)13-5-7-20(8-13)9-14-12(2)17-10-21-14/h4,6,10,13H,5,7-9H2,1-3H3. The second-order valence-corrected chi connectivity index (χ2v) is 6.59. The van der Waals surface area contributed by atoms with Gasteiger partial charge in [0.1, 0.15) is 0 Å². The molecule has 1 unspecified atom stereocenters. The number of nitrogens with zero attached hydrogens (tertiary/aromatic N) is 5. The molecule has 0 bridgehead atoms. The molecule has 1 fully saturated rings. The zero-order chi connectivity index (χ0) is 14.8. The molecule has 0 saturated carbocycles. The number of hydrogen-bond acceptors (Lipinski definition) is 6. The molecule has 0 amide bonds. The van der Waals surface area contributed by atoms with Crippen LogP contribution in [0, 0.1) is 13.8 Å². The molecule has 2 aromatic heterocycles. The molecule has 3 heterocycles. The summed E-state index contributed by atoms with van der Waals surface area (Å²) in [4.78, 5) is 19.3. The van der Waals surface area contributed by atoms with Crippen molar-refractivity contribution in [3.63, 3.8) is 0 Å². The van der Waals surface area contributed by atoms with E-state index in [4.69, 9.17) is 0 Å². The van der Waals surface area contributed by atoms with E-state index in [-0.39, 0.29) is 0 Å². The summed E-state index contributed by atoms with van der Waals surface area (Å²) in [5.74, 6) is 0.829. The summed E-state index contributed by atoms with van der Waals surface area (Å²) in [6.07, 6.45) is 2.99. The van der Waals surface area contributed by atoms with Gasteiger partial charge >= 0.3 is 0 Å². The van der Waals surface area contributed by atoms with E-state index in [0.717, 1.165) is 37.7 Å². The fourth-order valence-electron chi connectivity index (χ4n) is 2.72. The smallest absolute Gasteiger partial charge is 0.225 e. The molecular formula is C15H21N5S. The molecule has 5 nitrogen and oxygen atoms in total. The van der Waals surface area contributed by atoms with Crippen molar-refractivity contribution < 1.29 is 0 Å². The molecule has 21 heavy (non-hydrogen) atoms. The Hall–Kier alpha value is -1.53. The van der Waals surface area contributed by atoms with E-state index in [0.29, 0.717) is 6.04 Å². The van der Waals surface area contributed by atoms with Gasteiger partial charge in [-0.05, 0) is 26.3 Å². The van der Waals surface area contributed by atoms with E-state index >= 15 is 0 Å². The third-order valence-corrected chi connectivity index (χ3v) is 5.02. The maximum absolute atomic E-state index is 4.52. The zero-order valence-electron chi connectivity index (χ0n) is 12.8. The molecule has 1 aliphatic rings. The fourth-order valence-corrected chi connectivity index (χ4v) is 3.54. The lowest BCUT2D eigenvalue weighted by atomic mass is 10.2. The van der Waals surface area contributed by atoms with Gasteiger partial charge in [-0.25, -0.2) is 15.0 Å². The molecule has 0 radical (unpaired) electrons. The molecule has 1 aliphatic heterocycles. The van der Waals surface area contributed by atoms with E-state index < -0.39 is 0 Å². The van der Waals surface area contributed by atoms with Crippen molar-refractivity contribution in [1.29, 1.82) is 0 Å². The van der Waals surface area contributed by atoms with Gasteiger partial charge in [0.25, 0.3) is 0 Å². The van der Waals surface area contributed by atoms with Gasteiger partial charge in [-0.1, -0.05) is 0 Å². The molecule has 112 valence electrons. The largest absolute Gasteiger partial charge is 0.340 e. The average Bonchev–Trinajstić information content (AvgIpc) is 3.09. The maximum Gasteiger partial charge on any atom is 0.225 e. The van der Waals surface area contributed by atoms with Gasteiger partial charge in [-0.15, -0.1) is 11.3 Å². The van der Waals surface area contributed by atoms with Gasteiger partial charge in [0.2, 0.25) is 5.95 Å². The van der Waals surface area contributed by atoms with Gasteiger partial charge in [0.05, 0.1) is 11.2 Å². The number of anilines is 1. The Balaban J connectivity index is 1.63. The summed E-state index contributed by atoms with van der Waals surface area (Å²) >= 11 is 1.75. The van der Waals surface area contributed by atoms with Gasteiger partial charge in [0, 0.05) is 49.5 Å². The van der Waals surface area contributed by atoms with Crippen molar-refractivity contribution in [3.8, 4) is 0 Å². The van der Waals surface area contributed by atoms with E-state index in [1.54, 1.807) is 11.3 Å². The predicted octanol–water partition coefficient (Wildman–Crippen LogP) is 2.26. The summed E-state index contributed by atoms with van der Waals surface area (Å²) in [6.45, 7) is 7.29. The van der Waals surface area contributed by atoms with E-state index in [1.165, 1.54) is 10.6 Å². The second kappa shape index (κ2) is 6.07. The van der Waals surface area contributed by atoms with E-state index in [2.05, 4.69) is 38.7 Å². The zero-order valence-corrected chi connectivity index (χ0v) is 13.6. The van der Waals surface area contributed by atoms with Gasteiger partial charge in [-0.3, -0.25) is 4.90 Å². The van der Waals surface area contributed by atoms with Crippen LogP contribution in [-0.4, -0.2) is 46.0 Å². The highest BCUT2D eigenvalue weighted by Crippen LogP contribution is 2.22. The van der Waals surface area contributed by atoms with Crippen molar-refractivity contribution in [3.05, 3.63) is 34.0 Å². The summed E-state index contributed by atoms with van der Waals surface area (Å²) in [5, 5.41) is 0. The highest BCUT2D eigenvalue weighted by molar-refractivity contribution is 7.09. The summed E-state index contributed by atoms with van der Waals surface area (Å²) in [5.41, 5.74) is 4.12. The third-order valence-electron chi connectivity index (χ3n) is 4.10. The molecule has 6 heteroatoms. The van der Waals surface area contributed by atoms with Crippen LogP contribution in [0.2, 0.25) is 0 Å². The minimum absolute atomic E-state index is 0.486. The van der Waals surface area contributed by atoms with Gasteiger partial charge in [0.15, 0.2) is 0 Å². The molecule has 2 aromatic rings. The Kier molecular flexibility index (Phi) is 4.17. The number of likely N-dealkylation sites (N-methyl/N-ethyl adjacent to an activating group) is 1. The number of thiazole rings is 1. The van der Waals surface area contributed by atoms with Crippen LogP contribution in [0.15, 0.2) is 17.8 Å². The molecule has 1 atom stereocenters. The number of hydrogen-bond donors (Lipinski definition) is 0. The first kappa shape index (κ1) is 14.4. The molecule has 0 aromatic carbocycles. The monoisotopic (exact) mass is 303 g/mol. The molecule has 0 aliphatic carbocycles. The molecular weight excluding hydrogens is 282 g/mol. The highest BCUT2D eigenvalue weighted by atomic mass is 32.1. The quantitative estimate of drug-likeness (QED) is 0.867. The van der Waals surface area contributed by atoms with Crippen molar-refractivity contribution in [2.45, 2.75) is 32.9 Å². The average molecular weight is 303 g/mol. The van der Waals surface area contributed by atoms with Crippen molar-refractivity contribution >= 4 is 17.3 Å². The first-order chi connectivity index (χ1) is 10.1. The van der Waals surface area contributed by atoms with Crippen LogP contribution >= 0.6 is 11.3 Å². The van der Waals surface area contributed by atoms with Crippen molar-refractivity contribution in [1.82, 2.24) is 19.9 Å². The molecule has 0 N–H and O–H groups in total. The SMILES string of the molecule is Cc1ccnc(N(C)C2CCN(Cc3scnc3C)C2)n1. The van der Waals surface area contributed by atoms with Gasteiger partial charge in [-0.2, -0.15) is 0 Å². The topological polar surface area (TPSA) is 45.2 Å². The third kappa shape index (κ3) is 3.22. The normalized spacial score (nSPS) is 19.1. The van der Waals surface area contributed by atoms with Crippen LogP contribution in [0.25, 0.3) is 0 Å². The minimum atomic E-state index is 0.486. The first-order valence-electron chi connectivity index (χ1n) is 7.27. The lowest BCUT2D eigenvalue weighted by Gasteiger charge is -2.25. The Morgan fingerprint density at radius 3 is 2.95 bits per heavy atom. The summed E-state index contributed by atoms with van der Waals surface area (Å²) in [7, 11) is 2.10. The second-order valence-electron chi connectivity index (χ2n) is 5.65. The maximum atomic E-state index is 4.52. The van der Waals surface area contributed by atoms with Crippen LogP contribution in [0.3, 0.4) is 0 Å². The molecule has 3 rings (SSSR count). The number of aryl methyl sites for hydroxylation is 2. The lowest BCUT2D eigenvalue weighted by Crippen LogP contribution is -2.35. The Labute approximate surface area is 129 Å². The molecule has 0 spiro atoms. The lowest BCUT2D eigenvalue weighted by molar-refractivity contribution is 0.327. The van der Waals surface area contributed by atoms with E-state index in [1.807, 2.05) is 24.7 Å². The molecule has 1 saturated heterocycles. The number of aromatic nitrogens is 3. The fraction of sp³-hybridized carbons (Fsp3) is 0.533. The number of likely N-dealkylation sites (tertiary alicyclic amines) is 1. The predicted molar refractivity (Wildman–Crippen MR) is 85.7 cm³/mol. The van der Waals surface area contributed by atoms with Crippen molar-refractivity contribution in [2.75, 3.05) is 25.0 Å². The Morgan fingerprint density at radius 1 is 1.38 bits per heavy atom. The number of rotatable bonds is 4. The Bertz CT molecular complexity index is 612. The first-order valence-corrected chi connectivity index (χ1v) is 8.15. The van der Waals surface area contributed by atoms with Crippen LogP contribution in [0.4, 0.5) is 5.95 Å². The Morgan fingerprint density at radius 2 is 2.24 bits per heavy atom. The summed E-state index contributed by atoms with van der Waals surface area (Å²) in [6, 6.07) is 2.42.